The van der Waals surface area contributed by atoms with Gasteiger partial charge >= 0.3 is 0 Å². The topological polar surface area (TPSA) is 87.9 Å². The number of hydrogen-bond acceptors (Lipinski definition) is 6. The van der Waals surface area contributed by atoms with Gasteiger partial charge in [-0.3, -0.25) is 19.8 Å². The summed E-state index contributed by atoms with van der Waals surface area (Å²) in [6, 6.07) is 14.8. The molecular formula is C23H28N4O4. The number of hydrogen-bond donors (Lipinski definition) is 1. The molecule has 8 nitrogen and oxygen atoms in total. The fraction of sp³-hybridized carbons (Fsp3) is 0.435. The minimum atomic E-state index is -0.377. The number of benzene rings is 2. The van der Waals surface area contributed by atoms with Crippen LogP contribution in [0.3, 0.4) is 0 Å². The lowest BCUT2D eigenvalue weighted by molar-refractivity contribution is -0.384. The van der Waals surface area contributed by atoms with Crippen LogP contribution in [-0.2, 0) is 11.2 Å². The number of nitrogens with one attached hydrogen (secondary N) is 1. The summed E-state index contributed by atoms with van der Waals surface area (Å²) in [7, 11) is 0. The molecule has 2 aliphatic rings. The molecule has 0 spiro atoms. The highest BCUT2D eigenvalue weighted by molar-refractivity contribution is 5.82. The van der Waals surface area contributed by atoms with Crippen molar-refractivity contribution in [1.82, 2.24) is 10.2 Å². The number of anilines is 1. The Morgan fingerprint density at radius 2 is 2.03 bits per heavy atom. The summed E-state index contributed by atoms with van der Waals surface area (Å²) in [5, 5.41) is 14.2. The van der Waals surface area contributed by atoms with Crippen LogP contribution in [-0.4, -0.2) is 61.1 Å². The molecule has 2 unspecified atom stereocenters. The molecule has 2 atom stereocenters. The van der Waals surface area contributed by atoms with Gasteiger partial charge in [-0.25, -0.2) is 0 Å². The summed E-state index contributed by atoms with van der Waals surface area (Å²) in [6.45, 7) is 6.24. The van der Waals surface area contributed by atoms with Crippen LogP contribution in [0.5, 0.6) is 5.75 Å². The van der Waals surface area contributed by atoms with Crippen molar-refractivity contribution in [3.05, 3.63) is 64.2 Å². The highest BCUT2D eigenvalue weighted by atomic mass is 16.6. The highest BCUT2D eigenvalue weighted by Gasteiger charge is 2.41. The Kier molecular flexibility index (Phi) is 6.36. The molecule has 2 aromatic rings. The van der Waals surface area contributed by atoms with E-state index in [2.05, 4.69) is 15.1 Å². The standard InChI is InChI=1S/C23H28N4O4/c1-2-24-23(28)20-15-17-14-18(27(29)30)8-9-21(17)26-11-10-25(16-22(20)26)12-13-31-19-6-4-3-5-7-19/h3-9,14,20,22H,2,10-13,15-16H2,1H3,(H,24,28). The second kappa shape index (κ2) is 9.34. The number of non-ortho nitro benzene ring substituents is 1. The molecule has 0 aliphatic carbocycles. The highest BCUT2D eigenvalue weighted by Crippen LogP contribution is 2.37. The summed E-state index contributed by atoms with van der Waals surface area (Å²) >= 11 is 0. The van der Waals surface area contributed by atoms with Gasteiger partial charge in [0.2, 0.25) is 5.91 Å². The Bertz CT molecular complexity index is 936. The number of carbonyl (C=O) groups excluding carboxylic acids is 1. The van der Waals surface area contributed by atoms with Crippen molar-refractivity contribution < 1.29 is 14.5 Å². The molecule has 1 amide bonds. The van der Waals surface area contributed by atoms with Gasteiger partial charge in [-0.15, -0.1) is 0 Å². The summed E-state index contributed by atoms with van der Waals surface area (Å²) in [5.74, 6) is 0.624. The Balaban J connectivity index is 1.49. The van der Waals surface area contributed by atoms with E-state index in [1.165, 1.54) is 0 Å². The molecule has 2 aromatic carbocycles. The van der Waals surface area contributed by atoms with Crippen molar-refractivity contribution in [2.24, 2.45) is 5.92 Å². The van der Waals surface area contributed by atoms with Crippen molar-refractivity contribution in [3.63, 3.8) is 0 Å². The maximum absolute atomic E-state index is 12.9. The zero-order valence-electron chi connectivity index (χ0n) is 17.7. The van der Waals surface area contributed by atoms with Crippen LogP contribution in [0, 0.1) is 16.0 Å². The zero-order chi connectivity index (χ0) is 21.8. The normalized spacial score (nSPS) is 20.5. The molecule has 0 saturated carbocycles. The largest absolute Gasteiger partial charge is 0.492 e. The maximum Gasteiger partial charge on any atom is 0.269 e. The van der Waals surface area contributed by atoms with E-state index in [9.17, 15) is 14.9 Å². The molecule has 0 aromatic heterocycles. The van der Waals surface area contributed by atoms with Crippen LogP contribution in [0.1, 0.15) is 12.5 Å². The number of rotatable bonds is 7. The van der Waals surface area contributed by atoms with Crippen LogP contribution in [0.15, 0.2) is 48.5 Å². The van der Waals surface area contributed by atoms with E-state index in [1.54, 1.807) is 12.1 Å². The quantitative estimate of drug-likeness (QED) is 0.543. The molecule has 8 heteroatoms. The molecule has 0 radical (unpaired) electrons. The van der Waals surface area contributed by atoms with Gasteiger partial charge in [-0.2, -0.15) is 0 Å². The van der Waals surface area contributed by atoms with Gasteiger partial charge in [0.1, 0.15) is 12.4 Å². The van der Waals surface area contributed by atoms with Crippen LogP contribution in [0.2, 0.25) is 0 Å². The molecule has 1 fully saturated rings. The lowest BCUT2D eigenvalue weighted by atomic mass is 9.83. The van der Waals surface area contributed by atoms with Crippen molar-refractivity contribution in [1.29, 1.82) is 0 Å². The van der Waals surface area contributed by atoms with Gasteiger partial charge in [0, 0.05) is 50.5 Å². The van der Waals surface area contributed by atoms with E-state index in [0.29, 0.717) is 19.6 Å². The maximum atomic E-state index is 12.9. The first-order valence-corrected chi connectivity index (χ1v) is 10.8. The van der Waals surface area contributed by atoms with E-state index < -0.39 is 0 Å². The average Bonchev–Trinajstić information content (AvgIpc) is 2.78. The predicted octanol–water partition coefficient (Wildman–Crippen LogP) is 2.47. The van der Waals surface area contributed by atoms with Gasteiger partial charge in [0.15, 0.2) is 0 Å². The van der Waals surface area contributed by atoms with Gasteiger partial charge in [0.25, 0.3) is 5.69 Å². The summed E-state index contributed by atoms with van der Waals surface area (Å²) in [5.41, 5.74) is 1.96. The zero-order valence-corrected chi connectivity index (χ0v) is 17.7. The van der Waals surface area contributed by atoms with Gasteiger partial charge in [-0.05, 0) is 37.1 Å². The Morgan fingerprint density at radius 3 is 2.77 bits per heavy atom. The summed E-state index contributed by atoms with van der Waals surface area (Å²) < 4.78 is 5.85. The number of nitro benzene ring substituents is 1. The summed E-state index contributed by atoms with van der Waals surface area (Å²) in [4.78, 5) is 28.3. The van der Waals surface area contributed by atoms with Crippen LogP contribution >= 0.6 is 0 Å². The van der Waals surface area contributed by atoms with E-state index in [0.717, 1.165) is 43.2 Å². The second-order valence-electron chi connectivity index (χ2n) is 8.00. The first kappa shape index (κ1) is 21.1. The molecule has 31 heavy (non-hydrogen) atoms. The van der Waals surface area contributed by atoms with Crippen molar-refractivity contribution in [3.8, 4) is 5.75 Å². The Morgan fingerprint density at radius 1 is 1.23 bits per heavy atom. The third-order valence-corrected chi connectivity index (χ3v) is 6.10. The van der Waals surface area contributed by atoms with Crippen LogP contribution < -0.4 is 15.0 Å². The van der Waals surface area contributed by atoms with E-state index >= 15 is 0 Å². The molecule has 4 rings (SSSR count). The number of amides is 1. The number of carbonyl (C=O) groups is 1. The third kappa shape index (κ3) is 4.64. The van der Waals surface area contributed by atoms with E-state index in [-0.39, 0.29) is 28.5 Å². The lowest BCUT2D eigenvalue weighted by Gasteiger charge is -2.49. The molecule has 1 saturated heterocycles. The Labute approximate surface area is 181 Å². The first-order chi connectivity index (χ1) is 15.1. The average molecular weight is 425 g/mol. The minimum Gasteiger partial charge on any atom is -0.492 e. The molecule has 2 aliphatic heterocycles. The SMILES string of the molecule is CCNC(=O)C1Cc2cc([N+](=O)[O-])ccc2N2CCN(CCOc3ccccc3)CC12. The summed E-state index contributed by atoms with van der Waals surface area (Å²) in [6.07, 6.45) is 0.512. The van der Waals surface area contributed by atoms with Crippen molar-refractivity contribution in [2.75, 3.05) is 44.2 Å². The molecular weight excluding hydrogens is 396 g/mol. The fourth-order valence-electron chi connectivity index (χ4n) is 4.60. The number of nitro groups is 1. The van der Waals surface area contributed by atoms with Crippen molar-refractivity contribution >= 4 is 17.3 Å². The van der Waals surface area contributed by atoms with Gasteiger partial charge < -0.3 is 15.0 Å². The third-order valence-electron chi connectivity index (χ3n) is 6.10. The smallest absolute Gasteiger partial charge is 0.269 e. The molecule has 164 valence electrons. The second-order valence-corrected chi connectivity index (χ2v) is 8.00. The minimum absolute atomic E-state index is 0.0111. The predicted molar refractivity (Wildman–Crippen MR) is 118 cm³/mol. The van der Waals surface area contributed by atoms with Crippen molar-refractivity contribution in [2.45, 2.75) is 19.4 Å². The van der Waals surface area contributed by atoms with Crippen LogP contribution in [0.25, 0.3) is 0 Å². The fourth-order valence-corrected chi connectivity index (χ4v) is 4.60. The molecule has 2 heterocycles. The molecule has 0 bridgehead atoms. The van der Waals surface area contributed by atoms with E-state index in [4.69, 9.17) is 4.74 Å². The number of para-hydroxylation sites is 1. The number of fused-ring (bicyclic) bond motifs is 3. The number of piperazine rings is 1. The van der Waals surface area contributed by atoms with Crippen LogP contribution in [0.4, 0.5) is 11.4 Å². The Hall–Kier alpha value is -3.13. The van der Waals surface area contributed by atoms with Gasteiger partial charge in [-0.1, -0.05) is 18.2 Å². The monoisotopic (exact) mass is 424 g/mol. The number of ether oxygens (including phenoxy) is 1. The van der Waals surface area contributed by atoms with Gasteiger partial charge in [0.05, 0.1) is 16.9 Å². The first-order valence-electron chi connectivity index (χ1n) is 10.8. The van der Waals surface area contributed by atoms with E-state index in [1.807, 2.05) is 43.3 Å². The molecule has 1 N–H and O–H groups in total. The lowest BCUT2D eigenvalue weighted by Crippen LogP contribution is -2.61. The number of nitrogens with zero attached hydrogens (tertiary/aromatic N) is 3.